The number of carbonyl (C=O) groups excluding carboxylic acids is 1. The lowest BCUT2D eigenvalue weighted by Gasteiger charge is -1.94. The molecule has 3 nitrogen and oxygen atoms in total. The van der Waals surface area contributed by atoms with Crippen LogP contribution in [0.2, 0.25) is 6.32 Å². The van der Waals surface area contributed by atoms with Crippen LogP contribution < -0.4 is 0 Å². The van der Waals surface area contributed by atoms with Crippen LogP contribution in [0.5, 0.6) is 0 Å². The molecule has 0 rings (SSSR count). The first-order chi connectivity index (χ1) is 4.13. The summed E-state index contributed by atoms with van der Waals surface area (Å²) < 4.78 is 0. The number of carbonyl (C=O) groups is 1. The summed E-state index contributed by atoms with van der Waals surface area (Å²) in [4.78, 5) is 10.2. The Balaban J connectivity index is 3.01. The van der Waals surface area contributed by atoms with Crippen molar-refractivity contribution in [3.63, 3.8) is 0 Å². The largest absolute Gasteiger partial charge is 0.452 e. The Morgan fingerprint density at radius 2 is 2.22 bits per heavy atom. The molecule has 2 N–H and O–H groups in total. The van der Waals surface area contributed by atoms with Gasteiger partial charge in [0.15, 0.2) is 5.12 Å². The third-order valence-corrected chi connectivity index (χ3v) is 1.53. The third kappa shape index (κ3) is 8.00. The van der Waals surface area contributed by atoms with Gasteiger partial charge in [-0.2, -0.15) is 0 Å². The number of hydrogen-bond acceptors (Lipinski definition) is 4. The van der Waals surface area contributed by atoms with E-state index in [4.69, 9.17) is 10.0 Å². The van der Waals surface area contributed by atoms with E-state index in [1.807, 2.05) is 0 Å². The highest BCUT2D eigenvalue weighted by Gasteiger charge is 2.05. The highest BCUT2D eigenvalue weighted by Crippen LogP contribution is 2.03. The van der Waals surface area contributed by atoms with E-state index in [0.29, 0.717) is 5.75 Å². The molecule has 0 aromatic heterocycles. The summed E-state index contributed by atoms with van der Waals surface area (Å²) in [6, 6.07) is 0. The molecule has 0 aromatic carbocycles. The first kappa shape index (κ1) is 9.00. The molecule has 52 valence electrons. The number of hydrogen-bond donors (Lipinski definition) is 2. The normalized spacial score (nSPS) is 9.22. The first-order valence-electron chi connectivity index (χ1n) is 2.62. The fourth-order valence-electron chi connectivity index (χ4n) is 0.308. The SMILES string of the molecule is CC(=O)SCCB(O)O. The van der Waals surface area contributed by atoms with Crippen LogP contribution in [0, 0.1) is 0 Å². The van der Waals surface area contributed by atoms with Gasteiger partial charge in [0.05, 0.1) is 0 Å². The average molecular weight is 148 g/mol. The van der Waals surface area contributed by atoms with Crippen molar-refractivity contribution in [2.24, 2.45) is 0 Å². The Morgan fingerprint density at radius 3 is 2.56 bits per heavy atom. The molecular weight excluding hydrogens is 139 g/mol. The second-order valence-electron chi connectivity index (χ2n) is 1.61. The molecule has 0 aliphatic rings. The van der Waals surface area contributed by atoms with E-state index in [-0.39, 0.29) is 11.4 Å². The monoisotopic (exact) mass is 148 g/mol. The summed E-state index contributed by atoms with van der Waals surface area (Å²) in [7, 11) is -1.28. The molecule has 0 bridgehead atoms. The van der Waals surface area contributed by atoms with Gasteiger partial charge >= 0.3 is 7.12 Å². The van der Waals surface area contributed by atoms with E-state index in [1.165, 1.54) is 6.92 Å². The van der Waals surface area contributed by atoms with Crippen LogP contribution in [-0.4, -0.2) is 28.0 Å². The van der Waals surface area contributed by atoms with E-state index >= 15 is 0 Å². The fraction of sp³-hybridized carbons (Fsp3) is 0.750. The first-order valence-corrected chi connectivity index (χ1v) is 3.61. The molecule has 0 saturated heterocycles. The van der Waals surface area contributed by atoms with Gasteiger partial charge in [-0.15, -0.1) is 0 Å². The summed E-state index contributed by atoms with van der Waals surface area (Å²) >= 11 is 1.10. The van der Waals surface area contributed by atoms with E-state index < -0.39 is 7.12 Å². The van der Waals surface area contributed by atoms with Crippen molar-refractivity contribution in [3.05, 3.63) is 0 Å². The zero-order valence-corrected chi connectivity index (χ0v) is 6.02. The van der Waals surface area contributed by atoms with Crippen molar-refractivity contribution < 1.29 is 14.8 Å². The van der Waals surface area contributed by atoms with Crippen molar-refractivity contribution in [3.8, 4) is 0 Å². The van der Waals surface area contributed by atoms with Gasteiger partial charge in [-0.05, 0) is 12.1 Å². The van der Waals surface area contributed by atoms with E-state index in [2.05, 4.69) is 0 Å². The Bertz CT molecular complexity index is 95.8. The van der Waals surface area contributed by atoms with Gasteiger partial charge in [-0.3, -0.25) is 4.79 Å². The maximum Gasteiger partial charge on any atom is 0.452 e. The smallest absolute Gasteiger partial charge is 0.427 e. The Labute approximate surface area is 58.6 Å². The van der Waals surface area contributed by atoms with E-state index in [1.54, 1.807) is 0 Å². The molecule has 0 spiro atoms. The van der Waals surface area contributed by atoms with Gasteiger partial charge in [0, 0.05) is 6.92 Å². The molecule has 0 radical (unpaired) electrons. The molecule has 0 fully saturated rings. The topological polar surface area (TPSA) is 57.5 Å². The van der Waals surface area contributed by atoms with Crippen LogP contribution in [0.3, 0.4) is 0 Å². The van der Waals surface area contributed by atoms with Gasteiger partial charge in [0.25, 0.3) is 0 Å². The van der Waals surface area contributed by atoms with Crippen LogP contribution in [-0.2, 0) is 4.79 Å². The Kier molecular flexibility index (Phi) is 4.85. The lowest BCUT2D eigenvalue weighted by Crippen LogP contribution is -2.11. The predicted molar refractivity (Wildman–Crippen MR) is 38.1 cm³/mol. The molecule has 0 saturated carbocycles. The van der Waals surface area contributed by atoms with E-state index in [9.17, 15) is 4.79 Å². The van der Waals surface area contributed by atoms with Gasteiger partial charge < -0.3 is 10.0 Å². The maximum absolute atomic E-state index is 10.2. The average Bonchev–Trinajstić information content (AvgIpc) is 1.63. The minimum Gasteiger partial charge on any atom is -0.427 e. The lowest BCUT2D eigenvalue weighted by molar-refractivity contribution is -0.109. The number of rotatable bonds is 3. The number of thioether (sulfide) groups is 1. The molecule has 0 aliphatic carbocycles. The predicted octanol–water partition coefficient (Wildman–Crippen LogP) is -0.261. The van der Waals surface area contributed by atoms with Gasteiger partial charge in [-0.25, -0.2) is 0 Å². The third-order valence-electron chi connectivity index (χ3n) is 0.681. The Morgan fingerprint density at radius 1 is 1.67 bits per heavy atom. The molecule has 0 atom stereocenters. The quantitative estimate of drug-likeness (QED) is 0.541. The van der Waals surface area contributed by atoms with Gasteiger partial charge in [-0.1, -0.05) is 11.8 Å². The summed E-state index contributed by atoms with van der Waals surface area (Å²) in [5.74, 6) is 0.479. The van der Waals surface area contributed by atoms with Crippen LogP contribution in [0.1, 0.15) is 6.92 Å². The molecule has 0 aliphatic heterocycles. The summed E-state index contributed by atoms with van der Waals surface area (Å²) in [5, 5.41) is 16.6. The Hall–Kier alpha value is 0.00494. The van der Waals surface area contributed by atoms with Crippen molar-refractivity contribution in [1.82, 2.24) is 0 Å². The second kappa shape index (κ2) is 4.84. The second-order valence-corrected chi connectivity index (χ2v) is 2.88. The van der Waals surface area contributed by atoms with Crippen LogP contribution in [0.4, 0.5) is 0 Å². The minimum absolute atomic E-state index is 0.00986. The molecular formula is C4H9BO3S. The highest BCUT2D eigenvalue weighted by atomic mass is 32.2. The fourth-order valence-corrected chi connectivity index (χ4v) is 0.924. The molecule has 0 aromatic rings. The van der Waals surface area contributed by atoms with E-state index in [0.717, 1.165) is 11.8 Å². The van der Waals surface area contributed by atoms with Crippen LogP contribution >= 0.6 is 11.8 Å². The minimum atomic E-state index is -1.28. The highest BCUT2D eigenvalue weighted by molar-refractivity contribution is 8.13. The van der Waals surface area contributed by atoms with Crippen LogP contribution in [0.15, 0.2) is 0 Å². The summed E-state index contributed by atoms with van der Waals surface area (Å²) in [6.07, 6.45) is 0.254. The van der Waals surface area contributed by atoms with Crippen LogP contribution in [0.25, 0.3) is 0 Å². The molecule has 0 unspecified atom stereocenters. The van der Waals surface area contributed by atoms with Crippen molar-refractivity contribution in [2.75, 3.05) is 5.75 Å². The van der Waals surface area contributed by atoms with Gasteiger partial charge in [0.2, 0.25) is 0 Å². The molecule has 5 heteroatoms. The zero-order valence-electron chi connectivity index (χ0n) is 5.20. The van der Waals surface area contributed by atoms with Crippen molar-refractivity contribution in [1.29, 1.82) is 0 Å². The lowest BCUT2D eigenvalue weighted by atomic mass is 9.88. The van der Waals surface area contributed by atoms with Crippen molar-refractivity contribution >= 4 is 24.0 Å². The molecule has 9 heavy (non-hydrogen) atoms. The van der Waals surface area contributed by atoms with Crippen molar-refractivity contribution in [2.45, 2.75) is 13.2 Å². The van der Waals surface area contributed by atoms with Gasteiger partial charge in [0.1, 0.15) is 0 Å². The zero-order chi connectivity index (χ0) is 7.28. The standard InChI is InChI=1S/C4H9BO3S/c1-4(6)9-3-2-5(7)8/h7-8H,2-3H2,1H3. The molecule has 0 heterocycles. The molecule has 0 amide bonds. The summed E-state index contributed by atoms with van der Waals surface area (Å²) in [6.45, 7) is 1.45. The maximum atomic E-state index is 10.2. The summed E-state index contributed by atoms with van der Waals surface area (Å²) in [5.41, 5.74) is 0.